The zero-order valence-corrected chi connectivity index (χ0v) is 63.3. The van der Waals surface area contributed by atoms with Crippen LogP contribution in [0.4, 0.5) is 0 Å². The van der Waals surface area contributed by atoms with Gasteiger partial charge in [0.25, 0.3) is 0 Å². The molecule has 2 aliphatic rings. The lowest BCUT2D eigenvalue weighted by molar-refractivity contribution is -0.359. The van der Waals surface area contributed by atoms with Gasteiger partial charge in [0.1, 0.15) is 48.8 Å². The van der Waals surface area contributed by atoms with Crippen molar-refractivity contribution in [2.24, 2.45) is 0 Å². The van der Waals surface area contributed by atoms with Crippen molar-refractivity contribution in [2.75, 3.05) is 19.8 Å². The normalized spacial score (nSPS) is 22.2. The van der Waals surface area contributed by atoms with E-state index < -0.39 is 86.8 Å². The van der Waals surface area contributed by atoms with Crippen molar-refractivity contribution in [3.8, 4) is 0 Å². The molecule has 0 radical (unpaired) electrons. The minimum absolute atomic E-state index is 0.246. The lowest BCUT2D eigenvalue weighted by Crippen LogP contribution is -2.65. The van der Waals surface area contributed by atoms with Gasteiger partial charge in [0.05, 0.1) is 32.0 Å². The van der Waals surface area contributed by atoms with E-state index in [9.17, 15) is 45.6 Å². The second-order valence-electron chi connectivity index (χ2n) is 29.6. The highest BCUT2D eigenvalue weighted by molar-refractivity contribution is 5.76. The summed E-state index contributed by atoms with van der Waals surface area (Å²) in [6.07, 6.45) is 75.1. The number of carbonyl (C=O) groups is 1. The summed E-state index contributed by atoms with van der Waals surface area (Å²) in [6.45, 7) is 2.83. The Morgan fingerprint density at radius 2 is 0.653 bits per heavy atom. The van der Waals surface area contributed by atoms with E-state index >= 15 is 0 Å². The van der Waals surface area contributed by atoms with Gasteiger partial charge < -0.3 is 65.1 Å². The van der Waals surface area contributed by atoms with Gasteiger partial charge in [0, 0.05) is 6.42 Å². The largest absolute Gasteiger partial charge is 0.394 e. The van der Waals surface area contributed by atoms with Gasteiger partial charge in [-0.2, -0.15) is 0 Å². The number of rotatable bonds is 71. The minimum atomic E-state index is -1.79. The molecule has 2 rings (SSSR count). The molecule has 2 saturated heterocycles. The molecule has 9 N–H and O–H groups in total. The molecule has 0 saturated carbocycles. The maximum Gasteiger partial charge on any atom is 0.220 e. The third kappa shape index (κ3) is 50.4. The van der Waals surface area contributed by atoms with Gasteiger partial charge in [-0.1, -0.05) is 358 Å². The highest BCUT2D eigenvalue weighted by Crippen LogP contribution is 2.30. The zero-order valence-electron chi connectivity index (χ0n) is 63.3. The van der Waals surface area contributed by atoms with Crippen molar-refractivity contribution in [3.63, 3.8) is 0 Å². The topological polar surface area (TPSA) is 228 Å². The van der Waals surface area contributed by atoms with Crippen LogP contribution in [0.25, 0.3) is 0 Å². The van der Waals surface area contributed by atoms with Crippen LogP contribution in [0, 0.1) is 0 Å². The smallest absolute Gasteiger partial charge is 0.220 e. The molecular formula is C84H157NO13. The third-order valence-electron chi connectivity index (χ3n) is 20.5. The summed E-state index contributed by atoms with van der Waals surface area (Å²) in [7, 11) is 0. The fourth-order valence-corrected chi connectivity index (χ4v) is 13.9. The molecule has 14 nitrogen and oxygen atoms in total. The lowest BCUT2D eigenvalue weighted by Gasteiger charge is -2.46. The van der Waals surface area contributed by atoms with Crippen LogP contribution in [0.2, 0.25) is 0 Å². The van der Waals surface area contributed by atoms with E-state index in [4.69, 9.17) is 18.9 Å². The molecule has 1 amide bonds. The standard InChI is InChI=1S/C84H157NO13/c1-3-5-7-9-11-13-15-17-19-21-23-25-27-29-30-31-32-33-34-35-36-37-38-39-40-41-42-44-46-48-50-52-54-56-58-60-62-64-66-68-76(89)85-72(71-95-83-81(94)79(92)82(75(70-87)97-83)98-84-80(93)78(91)77(90)74(69-86)96-84)73(88)67-65-63-61-59-57-55-53-51-49-47-45-43-28-26-24-22-20-18-16-14-12-10-8-6-4-2/h21,23,49,51,57,59,65,67,72-75,77-84,86-88,90-94H,3-20,22,24-48,50,52-56,58,60-64,66,68-71H2,1-2H3,(H,85,89)/b23-21-,51-49+,59-57+,67-65+. The van der Waals surface area contributed by atoms with E-state index in [2.05, 4.69) is 55.6 Å². The van der Waals surface area contributed by atoms with Crippen LogP contribution in [0.3, 0.4) is 0 Å². The van der Waals surface area contributed by atoms with Crippen molar-refractivity contribution in [2.45, 2.75) is 460 Å². The van der Waals surface area contributed by atoms with E-state index in [1.54, 1.807) is 6.08 Å². The Bertz CT molecular complexity index is 1830. The van der Waals surface area contributed by atoms with Gasteiger partial charge in [-0.3, -0.25) is 4.79 Å². The van der Waals surface area contributed by atoms with Crippen molar-refractivity contribution in [1.82, 2.24) is 5.32 Å². The molecule has 0 aromatic carbocycles. The van der Waals surface area contributed by atoms with Crippen LogP contribution < -0.4 is 5.32 Å². The predicted molar refractivity (Wildman–Crippen MR) is 406 cm³/mol. The van der Waals surface area contributed by atoms with Gasteiger partial charge in [0.15, 0.2) is 12.6 Å². The van der Waals surface area contributed by atoms with Crippen molar-refractivity contribution < 1.29 is 64.6 Å². The van der Waals surface area contributed by atoms with Gasteiger partial charge >= 0.3 is 0 Å². The van der Waals surface area contributed by atoms with Crippen LogP contribution in [0.5, 0.6) is 0 Å². The Morgan fingerprint density at radius 1 is 0.357 bits per heavy atom. The Labute approximate surface area is 601 Å². The second-order valence-corrected chi connectivity index (χ2v) is 29.6. The number of nitrogens with one attached hydrogen (secondary N) is 1. The van der Waals surface area contributed by atoms with Crippen LogP contribution in [0.15, 0.2) is 48.6 Å². The average Bonchev–Trinajstić information content (AvgIpc) is 0.793. The number of unbranched alkanes of at least 4 members (excludes halogenated alkanes) is 52. The molecule has 0 aromatic heterocycles. The molecular weight excluding hydrogens is 1230 g/mol. The molecule has 0 spiro atoms. The van der Waals surface area contributed by atoms with Crippen molar-refractivity contribution >= 4 is 5.91 Å². The Kier molecular flexibility index (Phi) is 63.9. The van der Waals surface area contributed by atoms with E-state index in [-0.39, 0.29) is 18.9 Å². The van der Waals surface area contributed by atoms with Crippen LogP contribution in [-0.2, 0) is 23.7 Å². The third-order valence-corrected chi connectivity index (χ3v) is 20.5. The zero-order chi connectivity index (χ0) is 70.8. The number of aliphatic hydroxyl groups is 8. The van der Waals surface area contributed by atoms with Crippen molar-refractivity contribution in [1.29, 1.82) is 0 Å². The molecule has 0 bridgehead atoms. The first-order valence-corrected chi connectivity index (χ1v) is 41.9. The van der Waals surface area contributed by atoms with Crippen LogP contribution in [0.1, 0.15) is 386 Å². The highest BCUT2D eigenvalue weighted by atomic mass is 16.7. The average molecular weight is 1390 g/mol. The number of amides is 1. The predicted octanol–water partition coefficient (Wildman–Crippen LogP) is 19.4. The quantitative estimate of drug-likeness (QED) is 0.0204. The maximum absolute atomic E-state index is 13.4. The minimum Gasteiger partial charge on any atom is -0.394 e. The Morgan fingerprint density at radius 3 is 1.00 bits per heavy atom. The summed E-state index contributed by atoms with van der Waals surface area (Å²) in [5, 5.41) is 87.6. The van der Waals surface area contributed by atoms with Gasteiger partial charge in [-0.15, -0.1) is 0 Å². The molecule has 2 heterocycles. The maximum atomic E-state index is 13.4. The fourth-order valence-electron chi connectivity index (χ4n) is 13.9. The van der Waals surface area contributed by atoms with Crippen molar-refractivity contribution in [3.05, 3.63) is 48.6 Å². The second kappa shape index (κ2) is 68.1. The van der Waals surface area contributed by atoms with E-state index in [0.29, 0.717) is 12.8 Å². The molecule has 98 heavy (non-hydrogen) atoms. The summed E-state index contributed by atoms with van der Waals surface area (Å²) in [4.78, 5) is 13.4. The molecule has 0 aliphatic carbocycles. The van der Waals surface area contributed by atoms with Crippen LogP contribution in [-0.4, -0.2) is 140 Å². The monoisotopic (exact) mass is 1390 g/mol. The highest BCUT2D eigenvalue weighted by Gasteiger charge is 2.51. The van der Waals surface area contributed by atoms with E-state index in [0.717, 1.165) is 44.9 Å². The summed E-state index contributed by atoms with van der Waals surface area (Å²) in [5.41, 5.74) is 0. The Balaban J connectivity index is 1.58. The van der Waals surface area contributed by atoms with Gasteiger partial charge in [-0.05, 0) is 70.6 Å². The van der Waals surface area contributed by atoms with E-state index in [1.165, 1.54) is 308 Å². The molecule has 576 valence electrons. The summed E-state index contributed by atoms with van der Waals surface area (Å²) < 4.78 is 22.9. The molecule has 14 heteroatoms. The number of carbonyl (C=O) groups excluding carboxylic acids is 1. The lowest BCUT2D eigenvalue weighted by atomic mass is 9.97. The van der Waals surface area contributed by atoms with Gasteiger partial charge in [0.2, 0.25) is 5.91 Å². The summed E-state index contributed by atoms with van der Waals surface area (Å²) >= 11 is 0. The number of allylic oxidation sites excluding steroid dienone is 7. The molecule has 12 unspecified atom stereocenters. The first-order valence-electron chi connectivity index (χ1n) is 41.9. The number of aliphatic hydroxyl groups excluding tert-OH is 8. The van der Waals surface area contributed by atoms with Gasteiger partial charge in [-0.25, -0.2) is 0 Å². The molecule has 2 aliphatic heterocycles. The summed E-state index contributed by atoms with van der Waals surface area (Å²) in [5.74, 6) is -0.246. The fraction of sp³-hybridized carbons (Fsp3) is 0.893. The molecule has 0 aromatic rings. The number of hydrogen-bond donors (Lipinski definition) is 9. The Hall–Kier alpha value is -2.05. The van der Waals surface area contributed by atoms with E-state index in [1.807, 2.05) is 6.08 Å². The summed E-state index contributed by atoms with van der Waals surface area (Å²) in [6, 6.07) is -0.939. The SMILES string of the molecule is CCCCCCCCCC/C=C\CCCCCCCCCCCCCCCCCCCCCCCCCCCCCC(=O)NC(COC1OC(CO)C(OC2OC(CO)C(O)C(O)C2O)C(O)C1O)C(O)/C=C/CC/C=C/CC/C=C/CCCCCCCCCCCCCCCCC. The first kappa shape index (κ1) is 92.0. The molecule has 12 atom stereocenters. The van der Waals surface area contributed by atoms with Crippen LogP contribution >= 0.6 is 0 Å². The number of hydrogen-bond acceptors (Lipinski definition) is 13. The number of ether oxygens (including phenoxy) is 4. The first-order chi connectivity index (χ1) is 48.1. The molecule has 2 fully saturated rings.